The smallest absolute Gasteiger partial charge is 0.258 e. The van der Waals surface area contributed by atoms with Crippen LogP contribution in [0, 0.1) is 11.3 Å². The zero-order valence-electron chi connectivity index (χ0n) is 10.1. The van der Waals surface area contributed by atoms with E-state index in [9.17, 15) is 4.79 Å². The Bertz CT molecular complexity index is 424. The SMILES string of the molecule is CCC(C)NC(=O)COc1ccccc1C#N. The quantitative estimate of drug-likeness (QED) is 0.842. The minimum atomic E-state index is -0.174. The second-order valence-corrected chi connectivity index (χ2v) is 3.77. The van der Waals surface area contributed by atoms with Gasteiger partial charge in [-0.1, -0.05) is 19.1 Å². The first-order chi connectivity index (χ1) is 8.17. The molecule has 17 heavy (non-hydrogen) atoms. The molecule has 0 aliphatic heterocycles. The molecule has 0 fully saturated rings. The number of amides is 1. The highest BCUT2D eigenvalue weighted by molar-refractivity contribution is 5.77. The van der Waals surface area contributed by atoms with Gasteiger partial charge < -0.3 is 10.1 Å². The molecule has 4 heteroatoms. The minimum absolute atomic E-state index is 0.0664. The van der Waals surface area contributed by atoms with Crippen LogP contribution in [0.2, 0.25) is 0 Å². The molecule has 1 aromatic carbocycles. The van der Waals surface area contributed by atoms with Gasteiger partial charge in [0.15, 0.2) is 6.61 Å². The summed E-state index contributed by atoms with van der Waals surface area (Å²) in [6, 6.07) is 9.00. The number of rotatable bonds is 5. The first kappa shape index (κ1) is 13.0. The van der Waals surface area contributed by atoms with E-state index in [0.29, 0.717) is 11.3 Å². The summed E-state index contributed by atoms with van der Waals surface area (Å²) in [5.41, 5.74) is 0.434. The summed E-state index contributed by atoms with van der Waals surface area (Å²) >= 11 is 0. The molecule has 1 atom stereocenters. The molecule has 1 unspecified atom stereocenters. The molecule has 0 bridgehead atoms. The summed E-state index contributed by atoms with van der Waals surface area (Å²) in [7, 11) is 0. The lowest BCUT2D eigenvalue weighted by molar-refractivity contribution is -0.123. The van der Waals surface area contributed by atoms with Crippen molar-refractivity contribution >= 4 is 5.91 Å². The molecule has 1 aromatic rings. The largest absolute Gasteiger partial charge is 0.482 e. The van der Waals surface area contributed by atoms with Crippen LogP contribution in [-0.4, -0.2) is 18.6 Å². The topological polar surface area (TPSA) is 62.1 Å². The van der Waals surface area contributed by atoms with Crippen LogP contribution in [0.4, 0.5) is 0 Å². The van der Waals surface area contributed by atoms with Crippen LogP contribution in [-0.2, 0) is 4.79 Å². The maximum Gasteiger partial charge on any atom is 0.258 e. The van der Waals surface area contributed by atoms with E-state index in [-0.39, 0.29) is 18.6 Å². The molecule has 1 amide bonds. The fraction of sp³-hybridized carbons (Fsp3) is 0.385. The van der Waals surface area contributed by atoms with Gasteiger partial charge in [0.05, 0.1) is 5.56 Å². The van der Waals surface area contributed by atoms with Crippen LogP contribution in [0.15, 0.2) is 24.3 Å². The average molecular weight is 232 g/mol. The van der Waals surface area contributed by atoms with E-state index in [1.807, 2.05) is 19.9 Å². The van der Waals surface area contributed by atoms with Gasteiger partial charge in [-0.05, 0) is 25.5 Å². The van der Waals surface area contributed by atoms with Gasteiger partial charge >= 0.3 is 0 Å². The van der Waals surface area contributed by atoms with Gasteiger partial charge in [-0.2, -0.15) is 5.26 Å². The van der Waals surface area contributed by atoms with Crippen molar-refractivity contribution in [2.24, 2.45) is 0 Å². The molecule has 0 aliphatic carbocycles. The number of carbonyl (C=O) groups is 1. The highest BCUT2D eigenvalue weighted by Crippen LogP contribution is 2.16. The van der Waals surface area contributed by atoms with Gasteiger partial charge in [0.2, 0.25) is 0 Å². The molecule has 4 nitrogen and oxygen atoms in total. The van der Waals surface area contributed by atoms with E-state index in [0.717, 1.165) is 6.42 Å². The van der Waals surface area contributed by atoms with Crippen LogP contribution in [0.3, 0.4) is 0 Å². The zero-order chi connectivity index (χ0) is 12.7. The number of ether oxygens (including phenoxy) is 1. The highest BCUT2D eigenvalue weighted by atomic mass is 16.5. The molecule has 0 spiro atoms. The van der Waals surface area contributed by atoms with Crippen molar-refractivity contribution in [1.29, 1.82) is 5.26 Å². The molecule has 0 aliphatic rings. The fourth-order valence-corrected chi connectivity index (χ4v) is 1.25. The Morgan fingerprint density at radius 1 is 1.53 bits per heavy atom. The molecule has 0 saturated heterocycles. The third-order valence-corrected chi connectivity index (χ3v) is 2.39. The average Bonchev–Trinajstić information content (AvgIpc) is 2.36. The Labute approximate surface area is 101 Å². The van der Waals surface area contributed by atoms with Crippen LogP contribution >= 0.6 is 0 Å². The maximum atomic E-state index is 11.5. The van der Waals surface area contributed by atoms with E-state index in [2.05, 4.69) is 5.32 Å². The molecule has 1 N–H and O–H groups in total. The second kappa shape index (κ2) is 6.54. The van der Waals surface area contributed by atoms with Crippen LogP contribution in [0.25, 0.3) is 0 Å². The fourth-order valence-electron chi connectivity index (χ4n) is 1.25. The standard InChI is InChI=1S/C13H16N2O2/c1-3-10(2)15-13(16)9-17-12-7-5-4-6-11(12)8-14/h4-7,10H,3,9H2,1-2H3,(H,15,16). The summed E-state index contributed by atoms with van der Waals surface area (Å²) < 4.78 is 5.30. The molecular formula is C13H16N2O2. The number of nitrogens with one attached hydrogen (secondary N) is 1. The van der Waals surface area contributed by atoms with Crippen molar-refractivity contribution in [3.05, 3.63) is 29.8 Å². The second-order valence-electron chi connectivity index (χ2n) is 3.77. The third kappa shape index (κ3) is 4.15. The first-order valence-electron chi connectivity index (χ1n) is 5.58. The van der Waals surface area contributed by atoms with Crippen molar-refractivity contribution in [3.63, 3.8) is 0 Å². The molecular weight excluding hydrogens is 216 g/mol. The summed E-state index contributed by atoms with van der Waals surface area (Å²) in [4.78, 5) is 11.5. The van der Waals surface area contributed by atoms with E-state index < -0.39 is 0 Å². The van der Waals surface area contributed by atoms with Gasteiger partial charge in [0, 0.05) is 6.04 Å². The van der Waals surface area contributed by atoms with Gasteiger partial charge in [-0.15, -0.1) is 0 Å². The lowest BCUT2D eigenvalue weighted by atomic mass is 10.2. The zero-order valence-corrected chi connectivity index (χ0v) is 10.1. The Hall–Kier alpha value is -2.02. The number of nitriles is 1. The van der Waals surface area contributed by atoms with Crippen molar-refractivity contribution in [3.8, 4) is 11.8 Å². The molecule has 0 heterocycles. The van der Waals surface area contributed by atoms with E-state index in [1.54, 1.807) is 24.3 Å². The highest BCUT2D eigenvalue weighted by Gasteiger charge is 2.08. The Morgan fingerprint density at radius 3 is 2.88 bits per heavy atom. The van der Waals surface area contributed by atoms with Crippen molar-refractivity contribution in [2.75, 3.05) is 6.61 Å². The molecule has 0 radical (unpaired) electrons. The summed E-state index contributed by atoms with van der Waals surface area (Å²) in [5.74, 6) is 0.265. The molecule has 1 rings (SSSR count). The minimum Gasteiger partial charge on any atom is -0.482 e. The first-order valence-corrected chi connectivity index (χ1v) is 5.58. The molecule has 0 saturated carbocycles. The van der Waals surface area contributed by atoms with Gasteiger partial charge in [0.25, 0.3) is 5.91 Å². The molecule has 0 aromatic heterocycles. The summed E-state index contributed by atoms with van der Waals surface area (Å²) in [6.45, 7) is 3.86. The number of nitrogens with zero attached hydrogens (tertiary/aromatic N) is 1. The van der Waals surface area contributed by atoms with Crippen molar-refractivity contribution in [2.45, 2.75) is 26.3 Å². The number of para-hydroxylation sites is 1. The lowest BCUT2D eigenvalue weighted by Crippen LogP contribution is -2.35. The normalized spacial score (nSPS) is 11.4. The van der Waals surface area contributed by atoms with E-state index in [4.69, 9.17) is 10.00 Å². The monoisotopic (exact) mass is 232 g/mol. The van der Waals surface area contributed by atoms with Crippen LogP contribution in [0.1, 0.15) is 25.8 Å². The van der Waals surface area contributed by atoms with Crippen molar-refractivity contribution < 1.29 is 9.53 Å². The van der Waals surface area contributed by atoms with Crippen LogP contribution in [0.5, 0.6) is 5.75 Å². The van der Waals surface area contributed by atoms with Gasteiger partial charge in [0.1, 0.15) is 11.8 Å². The predicted octanol–water partition coefficient (Wildman–Crippen LogP) is 1.85. The number of hydrogen-bond donors (Lipinski definition) is 1. The predicted molar refractivity (Wildman–Crippen MR) is 64.5 cm³/mol. The lowest BCUT2D eigenvalue weighted by Gasteiger charge is -2.12. The Morgan fingerprint density at radius 2 is 2.24 bits per heavy atom. The number of hydrogen-bond acceptors (Lipinski definition) is 3. The Kier molecular flexibility index (Phi) is 5.02. The van der Waals surface area contributed by atoms with Crippen molar-refractivity contribution in [1.82, 2.24) is 5.32 Å². The van der Waals surface area contributed by atoms with E-state index in [1.165, 1.54) is 0 Å². The number of benzene rings is 1. The van der Waals surface area contributed by atoms with Gasteiger partial charge in [-0.3, -0.25) is 4.79 Å². The van der Waals surface area contributed by atoms with Crippen LogP contribution < -0.4 is 10.1 Å². The number of carbonyl (C=O) groups excluding carboxylic acids is 1. The Balaban J connectivity index is 2.51. The summed E-state index contributed by atoms with van der Waals surface area (Å²) in [5, 5.41) is 11.6. The van der Waals surface area contributed by atoms with Gasteiger partial charge in [-0.25, -0.2) is 0 Å². The maximum absolute atomic E-state index is 11.5. The summed E-state index contributed by atoms with van der Waals surface area (Å²) in [6.07, 6.45) is 0.876. The third-order valence-electron chi connectivity index (χ3n) is 2.39. The molecule has 90 valence electrons. The van der Waals surface area contributed by atoms with E-state index >= 15 is 0 Å².